The molecule has 0 bridgehead atoms. The number of rotatable bonds is 6. The van der Waals surface area contributed by atoms with E-state index in [-0.39, 0.29) is 23.8 Å². The van der Waals surface area contributed by atoms with E-state index >= 15 is 0 Å². The molecule has 0 aliphatic heterocycles. The van der Waals surface area contributed by atoms with Crippen LogP contribution in [0.25, 0.3) is 16.8 Å². The average molecular weight is 424 g/mol. The quantitative estimate of drug-likeness (QED) is 0.435. The fourth-order valence-corrected chi connectivity index (χ4v) is 3.26. The Kier molecular flexibility index (Phi) is 5.20. The minimum absolute atomic E-state index is 0.0662. The molecule has 0 amide bonds. The molecule has 0 aliphatic rings. The minimum Gasteiger partial charge on any atom is -0.480 e. The fourth-order valence-electron chi connectivity index (χ4n) is 3.26. The number of carboxylic acids is 1. The summed E-state index contributed by atoms with van der Waals surface area (Å²) in [6.45, 7) is 1.86. The maximum absolute atomic E-state index is 14.0. The number of aryl methyl sites for hydroxylation is 1. The Morgan fingerprint density at radius 3 is 2.84 bits per heavy atom. The molecule has 8 nitrogen and oxygen atoms in total. The maximum atomic E-state index is 14.0. The number of carboxylic acid groups (broad SMARTS) is 1. The van der Waals surface area contributed by atoms with E-state index < -0.39 is 23.6 Å². The molecule has 0 radical (unpaired) electrons. The van der Waals surface area contributed by atoms with E-state index in [4.69, 9.17) is 5.73 Å². The summed E-state index contributed by atoms with van der Waals surface area (Å²) >= 11 is 0. The molecule has 0 saturated heterocycles. The number of pyridine rings is 1. The molecule has 3 aromatic heterocycles. The summed E-state index contributed by atoms with van der Waals surface area (Å²) in [6, 6.07) is 7.60. The highest BCUT2D eigenvalue weighted by atomic mass is 19.2. The van der Waals surface area contributed by atoms with Crippen molar-refractivity contribution in [1.82, 2.24) is 19.4 Å². The van der Waals surface area contributed by atoms with Crippen LogP contribution in [0.15, 0.2) is 48.8 Å². The summed E-state index contributed by atoms with van der Waals surface area (Å²) in [7, 11) is 0. The molecule has 1 atom stereocenters. The van der Waals surface area contributed by atoms with Crippen LogP contribution in [0.3, 0.4) is 0 Å². The molecular formula is C21H18F2N6O2. The van der Waals surface area contributed by atoms with Crippen molar-refractivity contribution in [3.8, 4) is 11.3 Å². The molecule has 0 aliphatic carbocycles. The lowest BCUT2D eigenvalue weighted by atomic mass is 10.0. The molecule has 31 heavy (non-hydrogen) atoms. The molecule has 1 unspecified atom stereocenters. The number of aliphatic carboxylic acids is 1. The van der Waals surface area contributed by atoms with Gasteiger partial charge in [0.05, 0.1) is 17.4 Å². The smallest absolute Gasteiger partial charge is 0.326 e. The molecule has 4 aromatic rings. The van der Waals surface area contributed by atoms with Gasteiger partial charge in [-0.3, -0.25) is 0 Å². The first-order chi connectivity index (χ1) is 14.8. The molecule has 4 rings (SSSR count). The molecule has 0 fully saturated rings. The highest BCUT2D eigenvalue weighted by Crippen LogP contribution is 2.23. The van der Waals surface area contributed by atoms with Crippen molar-refractivity contribution in [2.75, 3.05) is 11.1 Å². The number of anilines is 2. The fraction of sp³-hybridized carbons (Fsp3) is 0.143. The lowest BCUT2D eigenvalue weighted by molar-refractivity contribution is -0.137. The zero-order chi connectivity index (χ0) is 22.1. The van der Waals surface area contributed by atoms with E-state index in [9.17, 15) is 18.7 Å². The van der Waals surface area contributed by atoms with E-state index in [0.29, 0.717) is 11.3 Å². The number of nitrogens with one attached hydrogen (secondary N) is 1. The molecule has 3 heterocycles. The van der Waals surface area contributed by atoms with E-state index in [1.165, 1.54) is 12.1 Å². The number of nitrogens with two attached hydrogens (primary N) is 1. The highest BCUT2D eigenvalue weighted by molar-refractivity contribution is 5.78. The normalized spacial score (nSPS) is 12.1. The lowest BCUT2D eigenvalue weighted by Crippen LogP contribution is -2.32. The van der Waals surface area contributed by atoms with Crippen LogP contribution < -0.4 is 11.1 Å². The standard InChI is InChI=1S/C21H18F2N6O2/c1-11-25-9-14-6-5-13(10-29(11)14)16-8-18(28-21(24)27-16)26-17(20(30)31)7-12-3-2-4-15(22)19(12)23/h2-6,8-10,17H,7H2,1H3,(H,30,31)(H3,24,26,27,28). The number of benzene rings is 1. The minimum atomic E-state index is -1.27. The number of carbonyl (C=O) groups is 1. The third kappa shape index (κ3) is 4.13. The van der Waals surface area contributed by atoms with Crippen molar-refractivity contribution in [3.63, 3.8) is 0 Å². The van der Waals surface area contributed by atoms with Gasteiger partial charge in [0, 0.05) is 24.2 Å². The van der Waals surface area contributed by atoms with Crippen LogP contribution in [0, 0.1) is 18.6 Å². The number of aromatic nitrogens is 4. The summed E-state index contributed by atoms with van der Waals surface area (Å²) < 4.78 is 29.4. The van der Waals surface area contributed by atoms with Gasteiger partial charge in [-0.1, -0.05) is 12.1 Å². The van der Waals surface area contributed by atoms with Crippen molar-refractivity contribution in [2.45, 2.75) is 19.4 Å². The van der Waals surface area contributed by atoms with E-state index in [1.54, 1.807) is 12.3 Å². The van der Waals surface area contributed by atoms with Gasteiger partial charge >= 0.3 is 5.97 Å². The first-order valence-corrected chi connectivity index (χ1v) is 9.32. The maximum Gasteiger partial charge on any atom is 0.326 e. The summed E-state index contributed by atoms with van der Waals surface area (Å²) in [5.74, 6) is -2.50. The zero-order valence-electron chi connectivity index (χ0n) is 16.4. The van der Waals surface area contributed by atoms with Crippen molar-refractivity contribution in [2.24, 2.45) is 0 Å². The van der Waals surface area contributed by atoms with Gasteiger partial charge in [-0.25, -0.2) is 23.5 Å². The van der Waals surface area contributed by atoms with Gasteiger partial charge in [0.1, 0.15) is 17.7 Å². The predicted octanol–water partition coefficient (Wildman–Crippen LogP) is 3.07. The van der Waals surface area contributed by atoms with Crippen molar-refractivity contribution >= 4 is 23.3 Å². The van der Waals surface area contributed by atoms with Crippen LogP contribution in [0.2, 0.25) is 0 Å². The number of hydrogen-bond acceptors (Lipinski definition) is 6. The van der Waals surface area contributed by atoms with Crippen molar-refractivity contribution < 1.29 is 18.7 Å². The molecule has 1 aromatic carbocycles. The number of nitrogens with zero attached hydrogens (tertiary/aromatic N) is 4. The Bertz CT molecular complexity index is 1290. The first-order valence-electron chi connectivity index (χ1n) is 9.32. The van der Waals surface area contributed by atoms with Crippen LogP contribution in [-0.2, 0) is 11.2 Å². The van der Waals surface area contributed by atoms with Gasteiger partial charge in [-0.15, -0.1) is 0 Å². The van der Waals surface area contributed by atoms with Gasteiger partial charge in [0.2, 0.25) is 5.95 Å². The van der Waals surface area contributed by atoms with E-state index in [1.807, 2.05) is 29.7 Å². The second-order valence-electron chi connectivity index (χ2n) is 6.97. The Morgan fingerprint density at radius 1 is 1.26 bits per heavy atom. The molecule has 0 saturated carbocycles. The van der Waals surface area contributed by atoms with Crippen LogP contribution in [0.5, 0.6) is 0 Å². The average Bonchev–Trinajstić information content (AvgIpc) is 3.10. The molecule has 158 valence electrons. The van der Waals surface area contributed by atoms with Crippen LogP contribution in [-0.4, -0.2) is 36.5 Å². The van der Waals surface area contributed by atoms with E-state index in [0.717, 1.165) is 17.4 Å². The predicted molar refractivity (Wildman–Crippen MR) is 110 cm³/mol. The SMILES string of the molecule is Cc1ncc2ccc(-c3cc(NC(Cc4cccc(F)c4F)C(=O)O)nc(N)n3)cn12. The van der Waals surface area contributed by atoms with Crippen LogP contribution in [0.1, 0.15) is 11.4 Å². The van der Waals surface area contributed by atoms with Gasteiger partial charge in [-0.05, 0) is 30.7 Å². The summed E-state index contributed by atoms with van der Waals surface area (Å²) in [5, 5.41) is 12.3. The summed E-state index contributed by atoms with van der Waals surface area (Å²) in [6.07, 6.45) is 3.28. The number of fused-ring (bicyclic) bond motifs is 1. The largest absolute Gasteiger partial charge is 0.480 e. The Hall–Kier alpha value is -4.08. The Labute approximate surface area is 175 Å². The lowest BCUT2D eigenvalue weighted by Gasteiger charge is -2.16. The first kappa shape index (κ1) is 20.2. The van der Waals surface area contributed by atoms with E-state index in [2.05, 4.69) is 20.3 Å². The monoisotopic (exact) mass is 424 g/mol. The third-order valence-corrected chi connectivity index (χ3v) is 4.83. The zero-order valence-corrected chi connectivity index (χ0v) is 16.4. The highest BCUT2D eigenvalue weighted by Gasteiger charge is 2.22. The number of hydrogen-bond donors (Lipinski definition) is 3. The topological polar surface area (TPSA) is 118 Å². The third-order valence-electron chi connectivity index (χ3n) is 4.83. The van der Waals surface area contributed by atoms with Gasteiger partial charge in [0.15, 0.2) is 11.6 Å². The molecule has 4 N–H and O–H groups in total. The summed E-state index contributed by atoms with van der Waals surface area (Å²) in [5.41, 5.74) is 7.85. The van der Waals surface area contributed by atoms with Gasteiger partial charge in [-0.2, -0.15) is 4.98 Å². The summed E-state index contributed by atoms with van der Waals surface area (Å²) in [4.78, 5) is 24.2. The number of imidazole rings is 1. The second-order valence-corrected chi connectivity index (χ2v) is 6.97. The Morgan fingerprint density at radius 2 is 2.06 bits per heavy atom. The molecular weight excluding hydrogens is 406 g/mol. The van der Waals surface area contributed by atoms with Gasteiger partial charge in [0.25, 0.3) is 0 Å². The number of halogens is 2. The van der Waals surface area contributed by atoms with Crippen molar-refractivity contribution in [1.29, 1.82) is 0 Å². The van der Waals surface area contributed by atoms with Gasteiger partial charge < -0.3 is 20.6 Å². The number of nitrogen functional groups attached to an aromatic ring is 1. The molecule has 0 spiro atoms. The Balaban J connectivity index is 1.65. The molecule has 10 heteroatoms. The van der Waals surface area contributed by atoms with Crippen molar-refractivity contribution in [3.05, 3.63) is 71.8 Å². The second kappa shape index (κ2) is 7.98. The van der Waals surface area contributed by atoms with Crippen LogP contribution in [0.4, 0.5) is 20.5 Å². The van der Waals surface area contributed by atoms with Crippen LogP contribution >= 0.6 is 0 Å².